The minimum atomic E-state index is -4.66. The van der Waals surface area contributed by atoms with Gasteiger partial charge in [0, 0.05) is 17.7 Å². The number of anilines is 1. The van der Waals surface area contributed by atoms with E-state index in [1.54, 1.807) is 31.1 Å². The standard InChI is InChI=1S/C9H9F3INO/c1-14(2)7-5-6(13)3-4-8(7)15-9(10,11)12/h3-5H,1-2H3. The number of hydrogen-bond acceptors (Lipinski definition) is 2. The van der Waals surface area contributed by atoms with E-state index in [0.717, 1.165) is 3.57 Å². The Morgan fingerprint density at radius 1 is 1.27 bits per heavy atom. The highest BCUT2D eigenvalue weighted by molar-refractivity contribution is 14.1. The second-order valence-electron chi connectivity index (χ2n) is 3.05. The van der Waals surface area contributed by atoms with Gasteiger partial charge in [0.1, 0.15) is 0 Å². The van der Waals surface area contributed by atoms with Crippen molar-refractivity contribution in [3.63, 3.8) is 0 Å². The Bertz CT molecular complexity index is 352. The molecule has 0 spiro atoms. The van der Waals surface area contributed by atoms with Crippen LogP contribution in [0.5, 0.6) is 5.75 Å². The fraction of sp³-hybridized carbons (Fsp3) is 0.333. The Morgan fingerprint density at radius 3 is 2.33 bits per heavy atom. The van der Waals surface area contributed by atoms with Crippen LogP contribution in [0.4, 0.5) is 18.9 Å². The Labute approximate surface area is 99.2 Å². The molecule has 1 rings (SSSR count). The SMILES string of the molecule is CN(C)c1cc(I)ccc1OC(F)(F)F. The van der Waals surface area contributed by atoms with E-state index in [0.29, 0.717) is 5.69 Å². The van der Waals surface area contributed by atoms with Crippen LogP contribution in [0.15, 0.2) is 18.2 Å². The van der Waals surface area contributed by atoms with Gasteiger partial charge >= 0.3 is 6.36 Å². The summed E-state index contributed by atoms with van der Waals surface area (Å²) in [6, 6.07) is 4.50. The topological polar surface area (TPSA) is 12.5 Å². The molecule has 2 nitrogen and oxygen atoms in total. The van der Waals surface area contributed by atoms with E-state index >= 15 is 0 Å². The molecule has 1 aromatic carbocycles. The normalized spacial score (nSPS) is 11.3. The third-order valence-corrected chi connectivity index (χ3v) is 2.30. The van der Waals surface area contributed by atoms with Crippen molar-refractivity contribution in [3.8, 4) is 5.75 Å². The summed E-state index contributed by atoms with van der Waals surface area (Å²) >= 11 is 2.03. The third kappa shape index (κ3) is 3.77. The second kappa shape index (κ2) is 4.46. The second-order valence-corrected chi connectivity index (χ2v) is 4.30. The Kier molecular flexibility index (Phi) is 3.69. The molecule has 0 fully saturated rings. The van der Waals surface area contributed by atoms with Crippen LogP contribution in [0.2, 0.25) is 0 Å². The summed E-state index contributed by atoms with van der Waals surface area (Å²) in [6.07, 6.45) is -4.66. The van der Waals surface area contributed by atoms with Crippen LogP contribution in [0.25, 0.3) is 0 Å². The lowest BCUT2D eigenvalue weighted by atomic mass is 10.3. The highest BCUT2D eigenvalue weighted by atomic mass is 127. The molecular weight excluding hydrogens is 322 g/mol. The molecule has 0 unspecified atom stereocenters. The lowest BCUT2D eigenvalue weighted by Crippen LogP contribution is -2.20. The molecule has 0 bridgehead atoms. The maximum Gasteiger partial charge on any atom is 0.573 e. The summed E-state index contributed by atoms with van der Waals surface area (Å²) in [5.74, 6) is -0.187. The fourth-order valence-corrected chi connectivity index (χ4v) is 1.53. The zero-order chi connectivity index (χ0) is 11.6. The van der Waals surface area contributed by atoms with Gasteiger partial charge in [-0.2, -0.15) is 0 Å². The molecule has 0 N–H and O–H groups in total. The molecule has 0 aliphatic heterocycles. The monoisotopic (exact) mass is 331 g/mol. The molecule has 84 valence electrons. The lowest BCUT2D eigenvalue weighted by molar-refractivity contribution is -0.274. The van der Waals surface area contributed by atoms with Crippen LogP contribution < -0.4 is 9.64 Å². The molecule has 1 aromatic rings. The summed E-state index contributed by atoms with van der Waals surface area (Å²) in [5, 5.41) is 0. The Hall–Kier alpha value is -0.660. The average Bonchev–Trinajstić information content (AvgIpc) is 2.05. The molecule has 6 heteroatoms. The summed E-state index contributed by atoms with van der Waals surface area (Å²) in [5.41, 5.74) is 0.402. The first kappa shape index (κ1) is 12.4. The Balaban J connectivity index is 3.06. The highest BCUT2D eigenvalue weighted by Gasteiger charge is 2.32. The quantitative estimate of drug-likeness (QED) is 0.772. The van der Waals surface area contributed by atoms with E-state index in [9.17, 15) is 13.2 Å². The number of nitrogens with zero attached hydrogens (tertiary/aromatic N) is 1. The predicted molar refractivity (Wildman–Crippen MR) is 60.2 cm³/mol. The number of hydrogen-bond donors (Lipinski definition) is 0. The molecule has 0 aromatic heterocycles. The van der Waals surface area contributed by atoms with Gasteiger partial charge in [-0.3, -0.25) is 0 Å². The van der Waals surface area contributed by atoms with Crippen molar-refractivity contribution in [1.29, 1.82) is 0 Å². The molecule has 0 saturated heterocycles. The number of rotatable bonds is 2. The zero-order valence-electron chi connectivity index (χ0n) is 8.10. The zero-order valence-corrected chi connectivity index (χ0v) is 10.3. The van der Waals surface area contributed by atoms with Crippen LogP contribution in [0, 0.1) is 3.57 Å². The molecule has 0 saturated carbocycles. The van der Waals surface area contributed by atoms with Crippen molar-refractivity contribution in [2.45, 2.75) is 6.36 Å². The van der Waals surface area contributed by atoms with Gasteiger partial charge in [0.15, 0.2) is 5.75 Å². The third-order valence-electron chi connectivity index (χ3n) is 1.63. The number of ether oxygens (including phenoxy) is 1. The molecule has 0 atom stereocenters. The average molecular weight is 331 g/mol. The van der Waals surface area contributed by atoms with Crippen LogP contribution >= 0.6 is 22.6 Å². The van der Waals surface area contributed by atoms with Crippen molar-refractivity contribution in [2.24, 2.45) is 0 Å². The van der Waals surface area contributed by atoms with Crippen molar-refractivity contribution in [2.75, 3.05) is 19.0 Å². The van der Waals surface area contributed by atoms with Gasteiger partial charge in [0.25, 0.3) is 0 Å². The molecule has 0 aliphatic carbocycles. The van der Waals surface area contributed by atoms with Gasteiger partial charge in [-0.1, -0.05) is 0 Å². The minimum absolute atomic E-state index is 0.187. The first-order chi connectivity index (χ1) is 6.79. The van der Waals surface area contributed by atoms with Gasteiger partial charge in [-0.25, -0.2) is 0 Å². The van der Waals surface area contributed by atoms with Crippen molar-refractivity contribution >= 4 is 28.3 Å². The number of alkyl halides is 3. The molecule has 0 radical (unpaired) electrons. The highest BCUT2D eigenvalue weighted by Crippen LogP contribution is 2.32. The van der Waals surface area contributed by atoms with Gasteiger partial charge in [-0.15, -0.1) is 13.2 Å². The number of benzene rings is 1. The van der Waals surface area contributed by atoms with E-state index < -0.39 is 6.36 Å². The maximum atomic E-state index is 12.0. The van der Waals surface area contributed by atoms with Crippen LogP contribution in [0.3, 0.4) is 0 Å². The van der Waals surface area contributed by atoms with E-state index in [4.69, 9.17) is 0 Å². The van der Waals surface area contributed by atoms with Crippen molar-refractivity contribution in [3.05, 3.63) is 21.8 Å². The van der Waals surface area contributed by atoms with E-state index in [-0.39, 0.29) is 5.75 Å². The largest absolute Gasteiger partial charge is 0.573 e. The smallest absolute Gasteiger partial charge is 0.404 e. The molecule has 0 heterocycles. The van der Waals surface area contributed by atoms with E-state index in [1.165, 1.54) is 6.07 Å². The lowest BCUT2D eigenvalue weighted by Gasteiger charge is -2.18. The fourth-order valence-electron chi connectivity index (χ4n) is 1.05. The van der Waals surface area contributed by atoms with Gasteiger partial charge < -0.3 is 9.64 Å². The summed E-state index contributed by atoms with van der Waals surface area (Å²) in [6.45, 7) is 0. The van der Waals surface area contributed by atoms with Crippen molar-refractivity contribution in [1.82, 2.24) is 0 Å². The van der Waals surface area contributed by atoms with Gasteiger partial charge in [0.05, 0.1) is 5.69 Å². The van der Waals surface area contributed by atoms with Crippen LogP contribution in [-0.4, -0.2) is 20.5 Å². The molecule has 0 amide bonds. The maximum absolute atomic E-state index is 12.0. The van der Waals surface area contributed by atoms with Gasteiger partial charge in [0.2, 0.25) is 0 Å². The summed E-state index contributed by atoms with van der Waals surface area (Å²) in [7, 11) is 3.32. The number of halogens is 4. The Morgan fingerprint density at radius 2 is 1.87 bits per heavy atom. The first-order valence-corrected chi connectivity index (χ1v) is 5.10. The molecular formula is C9H9F3INO. The van der Waals surface area contributed by atoms with E-state index in [2.05, 4.69) is 4.74 Å². The first-order valence-electron chi connectivity index (χ1n) is 4.02. The van der Waals surface area contributed by atoms with Gasteiger partial charge in [-0.05, 0) is 40.8 Å². The van der Waals surface area contributed by atoms with Crippen molar-refractivity contribution < 1.29 is 17.9 Å². The van der Waals surface area contributed by atoms with E-state index in [1.807, 2.05) is 22.6 Å². The summed E-state index contributed by atoms with van der Waals surface area (Å²) in [4.78, 5) is 1.57. The summed E-state index contributed by atoms with van der Waals surface area (Å²) < 4.78 is 40.9. The van der Waals surface area contributed by atoms with Crippen LogP contribution in [0.1, 0.15) is 0 Å². The molecule has 0 aliphatic rings. The molecule has 15 heavy (non-hydrogen) atoms. The van der Waals surface area contributed by atoms with Crippen LogP contribution in [-0.2, 0) is 0 Å². The predicted octanol–water partition coefficient (Wildman–Crippen LogP) is 3.26. The minimum Gasteiger partial charge on any atom is -0.404 e.